The summed E-state index contributed by atoms with van der Waals surface area (Å²) < 4.78 is 17.7. The van der Waals surface area contributed by atoms with Gasteiger partial charge in [-0.2, -0.15) is 0 Å². The smallest absolute Gasteiger partial charge is 0.169 e. The first-order valence-corrected chi connectivity index (χ1v) is 10.8. The molecule has 0 fully saturated rings. The van der Waals surface area contributed by atoms with E-state index in [2.05, 4.69) is 35.0 Å². The van der Waals surface area contributed by atoms with Crippen molar-refractivity contribution >= 4 is 26.7 Å². The number of rotatable bonds is 13. The van der Waals surface area contributed by atoms with Gasteiger partial charge in [0.1, 0.15) is 5.75 Å². The zero-order valence-corrected chi connectivity index (χ0v) is 17.6. The van der Waals surface area contributed by atoms with Crippen LogP contribution in [0, 0.1) is 0 Å². The van der Waals surface area contributed by atoms with Crippen LogP contribution in [-0.2, 0) is 0 Å². The van der Waals surface area contributed by atoms with Crippen LogP contribution >= 0.6 is 15.9 Å². The third-order valence-corrected chi connectivity index (χ3v) is 4.98. The predicted octanol–water partition coefficient (Wildman–Crippen LogP) is 6.75. The van der Waals surface area contributed by atoms with E-state index in [-0.39, 0.29) is 0 Å². The maximum absolute atomic E-state index is 6.14. The number of methoxy groups -OCH3 is 1. The van der Waals surface area contributed by atoms with Gasteiger partial charge in [0.25, 0.3) is 0 Å². The summed E-state index contributed by atoms with van der Waals surface area (Å²) in [6.07, 6.45) is 8.48. The van der Waals surface area contributed by atoms with Gasteiger partial charge < -0.3 is 14.2 Å². The van der Waals surface area contributed by atoms with Crippen molar-refractivity contribution in [2.45, 2.75) is 51.9 Å². The van der Waals surface area contributed by atoms with Gasteiger partial charge in [-0.15, -0.1) is 0 Å². The van der Waals surface area contributed by atoms with Crippen molar-refractivity contribution in [3.05, 3.63) is 30.3 Å². The summed E-state index contributed by atoms with van der Waals surface area (Å²) in [7, 11) is 1.68. The topological polar surface area (TPSA) is 27.7 Å². The summed E-state index contributed by atoms with van der Waals surface area (Å²) in [5.41, 5.74) is 0. The van der Waals surface area contributed by atoms with E-state index in [1.54, 1.807) is 7.11 Å². The predicted molar refractivity (Wildman–Crippen MR) is 113 cm³/mol. The normalized spacial score (nSPS) is 10.9. The van der Waals surface area contributed by atoms with Crippen molar-refractivity contribution in [1.82, 2.24) is 0 Å². The fraction of sp³-hybridized carbons (Fsp3) is 0.545. The number of benzene rings is 2. The number of hydrogen-bond donors (Lipinski definition) is 0. The first kappa shape index (κ1) is 20.9. The van der Waals surface area contributed by atoms with Gasteiger partial charge in [-0.05, 0) is 12.8 Å². The first-order valence-electron chi connectivity index (χ1n) is 9.73. The van der Waals surface area contributed by atoms with Crippen LogP contribution in [0.4, 0.5) is 0 Å². The fourth-order valence-electron chi connectivity index (χ4n) is 3.00. The van der Waals surface area contributed by atoms with Gasteiger partial charge in [0.15, 0.2) is 11.5 Å². The molecule has 2 aromatic carbocycles. The molecule has 0 amide bonds. The number of halogens is 1. The number of alkyl halides is 1. The summed E-state index contributed by atoms with van der Waals surface area (Å²) in [5, 5.41) is 3.05. The monoisotopic (exact) mass is 422 g/mol. The van der Waals surface area contributed by atoms with Gasteiger partial charge in [-0.1, -0.05) is 79.2 Å². The highest BCUT2D eigenvalue weighted by Crippen LogP contribution is 2.41. The molecule has 0 aliphatic heterocycles. The van der Waals surface area contributed by atoms with Crippen LogP contribution in [0.15, 0.2) is 30.3 Å². The Morgan fingerprint density at radius 1 is 0.808 bits per heavy atom. The van der Waals surface area contributed by atoms with Crippen molar-refractivity contribution < 1.29 is 14.2 Å². The van der Waals surface area contributed by atoms with Crippen LogP contribution < -0.4 is 14.2 Å². The van der Waals surface area contributed by atoms with E-state index < -0.39 is 0 Å². The second kappa shape index (κ2) is 12.1. The summed E-state index contributed by atoms with van der Waals surface area (Å²) in [5.74, 6) is 2.42. The molecular formula is C22H31BrO3. The zero-order chi connectivity index (χ0) is 18.6. The molecule has 0 saturated heterocycles. The maximum atomic E-state index is 6.14. The lowest BCUT2D eigenvalue weighted by Gasteiger charge is -2.17. The second-order valence-electron chi connectivity index (χ2n) is 6.46. The fourth-order valence-corrected chi connectivity index (χ4v) is 3.23. The molecule has 0 aliphatic carbocycles. The summed E-state index contributed by atoms with van der Waals surface area (Å²) in [6, 6.07) is 10.2. The van der Waals surface area contributed by atoms with Gasteiger partial charge in [0.2, 0.25) is 0 Å². The Hall–Kier alpha value is -1.42. The van der Waals surface area contributed by atoms with E-state index in [1.807, 2.05) is 18.2 Å². The molecular weight excluding hydrogens is 392 g/mol. The lowest BCUT2D eigenvalue weighted by molar-refractivity contribution is 0.285. The largest absolute Gasteiger partial charge is 0.493 e. The average molecular weight is 423 g/mol. The Bertz CT molecular complexity index is 657. The van der Waals surface area contributed by atoms with E-state index in [9.17, 15) is 0 Å². The number of fused-ring (bicyclic) bond motifs is 1. The molecule has 144 valence electrons. The van der Waals surface area contributed by atoms with Crippen LogP contribution in [0.3, 0.4) is 0 Å². The van der Waals surface area contributed by atoms with Crippen molar-refractivity contribution in [2.75, 3.05) is 25.7 Å². The van der Waals surface area contributed by atoms with Gasteiger partial charge >= 0.3 is 0 Å². The summed E-state index contributed by atoms with van der Waals surface area (Å²) in [4.78, 5) is 0. The molecule has 4 heteroatoms. The van der Waals surface area contributed by atoms with Crippen molar-refractivity contribution in [3.63, 3.8) is 0 Å². The minimum atomic E-state index is 0.677. The van der Waals surface area contributed by atoms with Crippen LogP contribution in [-0.4, -0.2) is 25.7 Å². The van der Waals surface area contributed by atoms with Crippen molar-refractivity contribution in [3.8, 4) is 17.2 Å². The van der Waals surface area contributed by atoms with Gasteiger partial charge in [-0.3, -0.25) is 0 Å². The highest BCUT2D eigenvalue weighted by molar-refractivity contribution is 9.09. The molecule has 0 atom stereocenters. The Balaban J connectivity index is 2.09. The molecule has 0 aliphatic rings. The second-order valence-corrected chi connectivity index (χ2v) is 7.25. The molecule has 0 aromatic heterocycles. The molecule has 0 heterocycles. The van der Waals surface area contributed by atoms with Crippen molar-refractivity contribution in [1.29, 1.82) is 0 Å². The van der Waals surface area contributed by atoms with Crippen molar-refractivity contribution in [2.24, 2.45) is 0 Å². The molecule has 2 aromatic rings. The Kier molecular flexibility index (Phi) is 9.68. The van der Waals surface area contributed by atoms with Crippen LogP contribution in [0.1, 0.15) is 51.9 Å². The van der Waals surface area contributed by atoms with E-state index in [0.717, 1.165) is 52.8 Å². The molecule has 0 saturated carbocycles. The Morgan fingerprint density at radius 2 is 1.50 bits per heavy atom. The van der Waals surface area contributed by atoms with E-state index in [4.69, 9.17) is 14.2 Å². The molecule has 0 bridgehead atoms. The Labute approximate surface area is 166 Å². The lowest BCUT2D eigenvalue weighted by atomic mass is 10.1. The van der Waals surface area contributed by atoms with Crippen LogP contribution in [0.25, 0.3) is 10.8 Å². The highest BCUT2D eigenvalue weighted by atomic mass is 79.9. The average Bonchev–Trinajstić information content (AvgIpc) is 2.68. The third kappa shape index (κ3) is 6.08. The maximum Gasteiger partial charge on any atom is 0.169 e. The highest BCUT2D eigenvalue weighted by Gasteiger charge is 2.15. The number of hydrogen-bond acceptors (Lipinski definition) is 3. The van der Waals surface area contributed by atoms with Crippen LogP contribution in [0.2, 0.25) is 0 Å². The molecule has 0 radical (unpaired) electrons. The molecule has 0 N–H and O–H groups in total. The molecule has 0 spiro atoms. The molecule has 3 nitrogen and oxygen atoms in total. The quantitative estimate of drug-likeness (QED) is 0.263. The SMILES string of the molecule is CCCCCCCCOc1c(OC)cc(OCCCBr)c2ccccc12. The van der Waals surface area contributed by atoms with E-state index in [1.165, 1.54) is 32.1 Å². The summed E-state index contributed by atoms with van der Waals surface area (Å²) >= 11 is 3.44. The number of unbranched alkanes of at least 4 members (excludes halogenated alkanes) is 5. The van der Waals surface area contributed by atoms with Gasteiger partial charge in [-0.25, -0.2) is 0 Å². The molecule has 0 unspecified atom stereocenters. The van der Waals surface area contributed by atoms with E-state index in [0.29, 0.717) is 6.61 Å². The van der Waals surface area contributed by atoms with Crippen LogP contribution in [0.5, 0.6) is 17.2 Å². The molecule has 2 rings (SSSR count). The van der Waals surface area contributed by atoms with E-state index >= 15 is 0 Å². The molecule has 26 heavy (non-hydrogen) atoms. The first-order chi connectivity index (χ1) is 12.8. The Morgan fingerprint density at radius 3 is 2.23 bits per heavy atom. The van der Waals surface area contributed by atoms with Gasteiger partial charge in [0.05, 0.1) is 20.3 Å². The minimum Gasteiger partial charge on any atom is -0.493 e. The standard InChI is InChI=1S/C22H31BrO3/c1-3-4-5-6-7-10-15-26-22-19-13-9-8-12-18(19)20(17-21(22)24-2)25-16-11-14-23/h8-9,12-13,17H,3-7,10-11,14-16H2,1-2H3. The summed E-state index contributed by atoms with van der Waals surface area (Å²) in [6.45, 7) is 3.64. The number of ether oxygens (including phenoxy) is 3. The third-order valence-electron chi connectivity index (χ3n) is 4.42. The zero-order valence-electron chi connectivity index (χ0n) is 16.1. The van der Waals surface area contributed by atoms with Gasteiger partial charge in [0, 0.05) is 22.2 Å². The lowest BCUT2D eigenvalue weighted by Crippen LogP contribution is -2.03. The minimum absolute atomic E-state index is 0.677.